The molecule has 1 aliphatic rings. The van der Waals surface area contributed by atoms with Gasteiger partial charge in [-0.05, 0) is 41.8 Å². The Kier molecular flexibility index (Phi) is 6.77. The molecule has 0 radical (unpaired) electrons. The van der Waals surface area contributed by atoms with E-state index in [1.54, 1.807) is 29.2 Å². The van der Waals surface area contributed by atoms with Crippen LogP contribution in [0.25, 0.3) is 0 Å². The third-order valence-corrected chi connectivity index (χ3v) is 4.86. The van der Waals surface area contributed by atoms with Crippen LogP contribution in [0, 0.1) is 11.6 Å². The molecule has 1 unspecified atom stereocenters. The van der Waals surface area contributed by atoms with Crippen molar-refractivity contribution in [2.75, 3.05) is 19.6 Å². The van der Waals surface area contributed by atoms with Crippen LogP contribution in [0.4, 0.5) is 8.78 Å². The Morgan fingerprint density at radius 1 is 1.14 bits per heavy atom. The molecule has 2 aromatic carbocycles. The number of nitrogens with one attached hydrogen (secondary N) is 2. The van der Waals surface area contributed by atoms with Crippen molar-refractivity contribution in [1.29, 1.82) is 0 Å². The first kappa shape index (κ1) is 20.7. The molecule has 0 aliphatic carbocycles. The molecule has 1 atom stereocenters. The van der Waals surface area contributed by atoms with E-state index in [1.165, 1.54) is 6.07 Å². The average Bonchev–Trinajstić information content (AvgIpc) is 2.69. The Morgan fingerprint density at radius 2 is 1.86 bits per heavy atom. The molecule has 3 rings (SSSR count). The number of amides is 2. The van der Waals surface area contributed by atoms with Gasteiger partial charge >= 0.3 is 0 Å². The molecule has 0 saturated carbocycles. The van der Waals surface area contributed by atoms with Gasteiger partial charge in [0.15, 0.2) is 11.6 Å². The van der Waals surface area contributed by atoms with Gasteiger partial charge in [-0.25, -0.2) is 8.78 Å². The molecule has 1 fully saturated rings. The molecule has 1 aliphatic heterocycles. The molecular weight excluding hydrogens is 380 g/mol. The number of nitrogens with zero attached hydrogens (tertiary/aromatic N) is 1. The summed E-state index contributed by atoms with van der Waals surface area (Å²) in [7, 11) is 0. The second-order valence-electron chi connectivity index (χ2n) is 7.00. The summed E-state index contributed by atoms with van der Waals surface area (Å²) in [4.78, 5) is 26.4. The van der Waals surface area contributed by atoms with E-state index in [0.29, 0.717) is 31.6 Å². The number of aromatic hydroxyl groups is 1. The van der Waals surface area contributed by atoms with E-state index in [4.69, 9.17) is 0 Å². The first-order chi connectivity index (χ1) is 13.9. The van der Waals surface area contributed by atoms with Gasteiger partial charge < -0.3 is 15.7 Å². The fraction of sp³-hybridized carbons (Fsp3) is 0.333. The summed E-state index contributed by atoms with van der Waals surface area (Å²) < 4.78 is 26.6. The van der Waals surface area contributed by atoms with E-state index < -0.39 is 17.7 Å². The maximum Gasteiger partial charge on any atom is 0.237 e. The molecule has 0 spiro atoms. The van der Waals surface area contributed by atoms with Gasteiger partial charge in [-0.15, -0.1) is 0 Å². The Morgan fingerprint density at radius 3 is 2.59 bits per heavy atom. The fourth-order valence-corrected chi connectivity index (χ4v) is 3.30. The highest BCUT2D eigenvalue weighted by molar-refractivity contribution is 5.88. The van der Waals surface area contributed by atoms with Crippen LogP contribution in [0.5, 0.6) is 5.75 Å². The lowest BCUT2D eigenvalue weighted by molar-refractivity contribution is -0.134. The second-order valence-corrected chi connectivity index (χ2v) is 7.00. The number of carbonyl (C=O) groups is 2. The van der Waals surface area contributed by atoms with Gasteiger partial charge in [0.05, 0.1) is 12.5 Å². The molecule has 1 saturated heterocycles. The SMILES string of the molecule is O=C(CC1C(=O)NCCN1Cc1ccc(F)c(F)c1)NCCc1ccc(O)cc1. The summed E-state index contributed by atoms with van der Waals surface area (Å²) in [5, 5.41) is 14.8. The van der Waals surface area contributed by atoms with Crippen molar-refractivity contribution in [3.8, 4) is 5.75 Å². The zero-order chi connectivity index (χ0) is 20.8. The van der Waals surface area contributed by atoms with Crippen LogP contribution in [-0.4, -0.2) is 47.5 Å². The van der Waals surface area contributed by atoms with E-state index in [2.05, 4.69) is 10.6 Å². The van der Waals surface area contributed by atoms with Crippen molar-refractivity contribution < 1.29 is 23.5 Å². The summed E-state index contributed by atoms with van der Waals surface area (Å²) in [5.41, 5.74) is 1.51. The Bertz CT molecular complexity index is 874. The number of benzene rings is 2. The van der Waals surface area contributed by atoms with Gasteiger partial charge in [-0.3, -0.25) is 14.5 Å². The molecule has 8 heteroatoms. The van der Waals surface area contributed by atoms with Crippen LogP contribution in [0.1, 0.15) is 17.5 Å². The van der Waals surface area contributed by atoms with Gasteiger partial charge in [0, 0.05) is 26.2 Å². The number of hydrogen-bond donors (Lipinski definition) is 3. The average molecular weight is 403 g/mol. The van der Waals surface area contributed by atoms with E-state index in [1.807, 2.05) is 0 Å². The van der Waals surface area contributed by atoms with Crippen molar-refractivity contribution in [3.05, 3.63) is 65.2 Å². The highest BCUT2D eigenvalue weighted by Crippen LogP contribution is 2.16. The topological polar surface area (TPSA) is 81.7 Å². The first-order valence-corrected chi connectivity index (χ1v) is 9.42. The van der Waals surface area contributed by atoms with Gasteiger partial charge in [0.2, 0.25) is 11.8 Å². The highest BCUT2D eigenvalue weighted by atomic mass is 19.2. The second kappa shape index (κ2) is 9.47. The van der Waals surface area contributed by atoms with Gasteiger partial charge in [-0.2, -0.15) is 0 Å². The standard InChI is InChI=1S/C21H23F2N3O3/c22-17-6-3-15(11-18(17)23)13-26-10-9-25-21(29)19(26)12-20(28)24-8-7-14-1-4-16(27)5-2-14/h1-6,11,19,27H,7-10,12-13H2,(H,24,28)(H,25,29). The summed E-state index contributed by atoms with van der Waals surface area (Å²) in [6.07, 6.45) is 0.576. The monoisotopic (exact) mass is 403 g/mol. The molecule has 0 aromatic heterocycles. The molecule has 2 amide bonds. The number of halogens is 2. The molecule has 3 N–H and O–H groups in total. The normalized spacial score (nSPS) is 17.0. The largest absolute Gasteiger partial charge is 0.508 e. The molecular formula is C21H23F2N3O3. The van der Waals surface area contributed by atoms with Crippen molar-refractivity contribution in [1.82, 2.24) is 15.5 Å². The van der Waals surface area contributed by atoms with Crippen LogP contribution in [0.3, 0.4) is 0 Å². The number of hydrogen-bond acceptors (Lipinski definition) is 4. The van der Waals surface area contributed by atoms with Gasteiger partial charge in [0.1, 0.15) is 5.75 Å². The van der Waals surface area contributed by atoms with Crippen molar-refractivity contribution >= 4 is 11.8 Å². The van der Waals surface area contributed by atoms with Crippen LogP contribution in [0.2, 0.25) is 0 Å². The summed E-state index contributed by atoms with van der Waals surface area (Å²) in [5.74, 6) is -2.20. The van der Waals surface area contributed by atoms with Crippen molar-refractivity contribution in [3.63, 3.8) is 0 Å². The zero-order valence-electron chi connectivity index (χ0n) is 15.8. The van der Waals surface area contributed by atoms with E-state index in [9.17, 15) is 23.5 Å². The predicted octanol–water partition coefficient (Wildman–Crippen LogP) is 1.72. The van der Waals surface area contributed by atoms with Crippen molar-refractivity contribution in [2.45, 2.75) is 25.4 Å². The molecule has 29 heavy (non-hydrogen) atoms. The van der Waals surface area contributed by atoms with Gasteiger partial charge in [0.25, 0.3) is 0 Å². The molecule has 154 valence electrons. The van der Waals surface area contributed by atoms with E-state index in [0.717, 1.165) is 17.7 Å². The Hall–Kier alpha value is -3.00. The predicted molar refractivity (Wildman–Crippen MR) is 103 cm³/mol. The third-order valence-electron chi connectivity index (χ3n) is 4.86. The van der Waals surface area contributed by atoms with Crippen molar-refractivity contribution in [2.24, 2.45) is 0 Å². The lowest BCUT2D eigenvalue weighted by atomic mass is 10.1. The van der Waals surface area contributed by atoms with E-state index >= 15 is 0 Å². The lowest BCUT2D eigenvalue weighted by Gasteiger charge is -2.34. The maximum atomic E-state index is 13.5. The third kappa shape index (κ3) is 5.74. The van der Waals surface area contributed by atoms with Crippen LogP contribution < -0.4 is 10.6 Å². The zero-order valence-corrected chi connectivity index (χ0v) is 15.8. The number of phenols is 1. The minimum atomic E-state index is -0.938. The minimum Gasteiger partial charge on any atom is -0.508 e. The quantitative estimate of drug-likeness (QED) is 0.658. The molecule has 1 heterocycles. The summed E-state index contributed by atoms with van der Waals surface area (Å²) in [6.45, 7) is 1.59. The fourth-order valence-electron chi connectivity index (χ4n) is 3.30. The highest BCUT2D eigenvalue weighted by Gasteiger charge is 2.31. The number of piperazine rings is 1. The Labute approximate surface area is 167 Å². The summed E-state index contributed by atoms with van der Waals surface area (Å²) in [6, 6.07) is 9.68. The summed E-state index contributed by atoms with van der Waals surface area (Å²) >= 11 is 0. The molecule has 2 aromatic rings. The first-order valence-electron chi connectivity index (χ1n) is 9.42. The Balaban J connectivity index is 1.55. The number of carbonyl (C=O) groups excluding carboxylic acids is 2. The van der Waals surface area contributed by atoms with Gasteiger partial charge in [-0.1, -0.05) is 18.2 Å². The van der Waals surface area contributed by atoms with Crippen LogP contribution in [0.15, 0.2) is 42.5 Å². The molecule has 6 nitrogen and oxygen atoms in total. The maximum absolute atomic E-state index is 13.5. The van der Waals surface area contributed by atoms with Crippen LogP contribution >= 0.6 is 0 Å². The number of rotatable bonds is 7. The number of phenolic OH excluding ortho intramolecular Hbond substituents is 1. The van der Waals surface area contributed by atoms with Crippen LogP contribution in [-0.2, 0) is 22.6 Å². The minimum absolute atomic E-state index is 0.0227. The molecule has 0 bridgehead atoms. The lowest BCUT2D eigenvalue weighted by Crippen LogP contribution is -2.56. The van der Waals surface area contributed by atoms with E-state index in [-0.39, 0.29) is 30.5 Å². The smallest absolute Gasteiger partial charge is 0.237 e.